The van der Waals surface area contributed by atoms with Gasteiger partial charge in [-0.25, -0.2) is 0 Å². The van der Waals surface area contributed by atoms with Crippen molar-refractivity contribution in [2.75, 3.05) is 25.4 Å². The van der Waals surface area contributed by atoms with Crippen LogP contribution in [0.5, 0.6) is 0 Å². The molecule has 48 valence electrons. The zero-order valence-corrected chi connectivity index (χ0v) is 5.71. The van der Waals surface area contributed by atoms with Crippen LogP contribution in [0.15, 0.2) is 0 Å². The molecule has 0 saturated carbocycles. The maximum absolute atomic E-state index is 5.31. The largest absolute Gasteiger partial charge is 0.330 e. The van der Waals surface area contributed by atoms with Gasteiger partial charge in [-0.2, -0.15) is 11.8 Å². The van der Waals surface area contributed by atoms with Crippen LogP contribution in [0.2, 0.25) is 0 Å². The monoisotopic (exact) mass is 132 g/mol. The number of thioether (sulfide) groups is 1. The Morgan fingerprint density at radius 2 is 2.38 bits per heavy atom. The summed E-state index contributed by atoms with van der Waals surface area (Å²) in [5.74, 6) is 1.12. The van der Waals surface area contributed by atoms with Crippen molar-refractivity contribution in [1.82, 2.24) is 5.32 Å². The van der Waals surface area contributed by atoms with Crippen molar-refractivity contribution in [3.63, 3.8) is 0 Å². The first-order chi connectivity index (χ1) is 3.93. The molecule has 0 atom stereocenters. The Hall–Kier alpha value is 0.270. The van der Waals surface area contributed by atoms with Gasteiger partial charge in [-0.05, 0) is 0 Å². The van der Waals surface area contributed by atoms with E-state index in [4.69, 9.17) is 5.73 Å². The summed E-state index contributed by atoms with van der Waals surface area (Å²) in [4.78, 5) is 0. The van der Waals surface area contributed by atoms with Crippen molar-refractivity contribution in [2.45, 2.75) is 5.25 Å². The fourth-order valence-electron chi connectivity index (χ4n) is 0.615. The summed E-state index contributed by atoms with van der Waals surface area (Å²) >= 11 is 1.98. The van der Waals surface area contributed by atoms with Crippen molar-refractivity contribution in [1.29, 1.82) is 0 Å². The molecule has 1 heterocycles. The van der Waals surface area contributed by atoms with E-state index in [2.05, 4.69) is 5.32 Å². The fourth-order valence-corrected chi connectivity index (χ4v) is 1.56. The molecule has 0 aromatic carbocycles. The topological polar surface area (TPSA) is 38.0 Å². The Balaban J connectivity index is 1.86. The van der Waals surface area contributed by atoms with E-state index in [1.807, 2.05) is 11.8 Å². The molecule has 1 fully saturated rings. The Morgan fingerprint density at radius 3 is 2.75 bits per heavy atom. The lowest BCUT2D eigenvalue weighted by Gasteiger charge is -2.25. The first-order valence-corrected chi connectivity index (χ1v) is 4.00. The molecule has 1 aliphatic rings. The van der Waals surface area contributed by atoms with Crippen LogP contribution in [-0.4, -0.2) is 30.6 Å². The van der Waals surface area contributed by atoms with Crippen LogP contribution >= 0.6 is 11.8 Å². The molecule has 0 bridgehead atoms. The van der Waals surface area contributed by atoms with Gasteiger partial charge in [0, 0.05) is 30.6 Å². The summed E-state index contributed by atoms with van der Waals surface area (Å²) in [5, 5.41) is 4.07. The quantitative estimate of drug-likeness (QED) is 0.551. The van der Waals surface area contributed by atoms with Crippen molar-refractivity contribution < 1.29 is 0 Å². The lowest BCUT2D eigenvalue weighted by atomic mass is 10.3. The first-order valence-electron chi connectivity index (χ1n) is 2.96. The normalized spacial score (nSPS) is 20.6. The number of nitrogens with two attached hydrogens (primary N) is 1. The Bertz CT molecular complexity index is 63.4. The number of nitrogens with one attached hydrogen (secondary N) is 1. The Morgan fingerprint density at radius 1 is 1.62 bits per heavy atom. The smallest absolute Gasteiger partial charge is 0.0297 e. The van der Waals surface area contributed by atoms with E-state index < -0.39 is 0 Å². The highest BCUT2D eigenvalue weighted by Crippen LogP contribution is 2.12. The summed E-state index contributed by atoms with van der Waals surface area (Å²) in [7, 11) is 0. The summed E-state index contributed by atoms with van der Waals surface area (Å²) in [5.41, 5.74) is 5.31. The minimum Gasteiger partial charge on any atom is -0.330 e. The lowest BCUT2D eigenvalue weighted by molar-refractivity contribution is 0.544. The fraction of sp³-hybridized carbons (Fsp3) is 1.00. The molecule has 0 aromatic rings. The van der Waals surface area contributed by atoms with E-state index in [9.17, 15) is 0 Å². The van der Waals surface area contributed by atoms with Gasteiger partial charge in [0.25, 0.3) is 0 Å². The second-order valence-corrected chi connectivity index (χ2v) is 3.35. The average molecular weight is 132 g/mol. The highest BCUT2D eigenvalue weighted by atomic mass is 32.2. The minimum atomic E-state index is 0.821. The molecule has 0 aromatic heterocycles. The SMILES string of the molecule is NCCSC1CNC1. The summed E-state index contributed by atoms with van der Waals surface area (Å²) in [6, 6.07) is 0. The third-order valence-electron chi connectivity index (χ3n) is 1.22. The van der Waals surface area contributed by atoms with E-state index >= 15 is 0 Å². The Kier molecular flexibility index (Phi) is 2.66. The van der Waals surface area contributed by atoms with E-state index in [0.717, 1.165) is 17.5 Å². The molecule has 8 heavy (non-hydrogen) atoms. The highest BCUT2D eigenvalue weighted by Gasteiger charge is 2.15. The van der Waals surface area contributed by atoms with Crippen molar-refractivity contribution >= 4 is 11.8 Å². The molecular weight excluding hydrogens is 120 g/mol. The van der Waals surface area contributed by atoms with Crippen molar-refractivity contribution in [3.05, 3.63) is 0 Å². The van der Waals surface area contributed by atoms with Gasteiger partial charge in [-0.3, -0.25) is 0 Å². The van der Waals surface area contributed by atoms with Crippen LogP contribution < -0.4 is 11.1 Å². The van der Waals surface area contributed by atoms with Crippen molar-refractivity contribution in [3.8, 4) is 0 Å². The Labute approximate surface area is 54.2 Å². The van der Waals surface area contributed by atoms with Crippen LogP contribution in [0.4, 0.5) is 0 Å². The average Bonchev–Trinajstić information content (AvgIpc) is 1.63. The third-order valence-corrected chi connectivity index (χ3v) is 2.49. The molecule has 0 aliphatic carbocycles. The lowest BCUT2D eigenvalue weighted by Crippen LogP contribution is -2.44. The van der Waals surface area contributed by atoms with Gasteiger partial charge in [-0.15, -0.1) is 0 Å². The zero-order chi connectivity index (χ0) is 5.82. The third kappa shape index (κ3) is 1.65. The number of hydrogen-bond acceptors (Lipinski definition) is 3. The predicted molar refractivity (Wildman–Crippen MR) is 38.2 cm³/mol. The summed E-state index contributed by atoms with van der Waals surface area (Å²) < 4.78 is 0. The van der Waals surface area contributed by atoms with Gasteiger partial charge in [0.1, 0.15) is 0 Å². The maximum Gasteiger partial charge on any atom is 0.0297 e. The number of rotatable bonds is 3. The standard InChI is InChI=1S/C5H12N2S/c6-1-2-8-5-3-7-4-5/h5,7H,1-4,6H2. The van der Waals surface area contributed by atoms with Gasteiger partial charge in [0.05, 0.1) is 0 Å². The molecule has 3 N–H and O–H groups in total. The van der Waals surface area contributed by atoms with Gasteiger partial charge in [-0.1, -0.05) is 0 Å². The molecule has 1 rings (SSSR count). The van der Waals surface area contributed by atoms with Crippen molar-refractivity contribution in [2.24, 2.45) is 5.73 Å². The summed E-state index contributed by atoms with van der Waals surface area (Å²) in [6.45, 7) is 3.19. The van der Waals surface area contributed by atoms with Crippen LogP contribution in [0.3, 0.4) is 0 Å². The zero-order valence-electron chi connectivity index (χ0n) is 4.89. The number of hydrogen-bond donors (Lipinski definition) is 2. The molecule has 0 amide bonds. The van der Waals surface area contributed by atoms with E-state index in [1.54, 1.807) is 0 Å². The van der Waals surface area contributed by atoms with E-state index in [0.29, 0.717) is 0 Å². The molecule has 1 saturated heterocycles. The van der Waals surface area contributed by atoms with Gasteiger partial charge in [0.2, 0.25) is 0 Å². The van der Waals surface area contributed by atoms with Gasteiger partial charge >= 0.3 is 0 Å². The molecule has 1 aliphatic heterocycles. The van der Waals surface area contributed by atoms with Crippen LogP contribution in [0, 0.1) is 0 Å². The van der Waals surface area contributed by atoms with Crippen LogP contribution in [0.25, 0.3) is 0 Å². The van der Waals surface area contributed by atoms with E-state index in [-0.39, 0.29) is 0 Å². The predicted octanol–water partition coefficient (Wildman–Crippen LogP) is -0.350. The highest BCUT2D eigenvalue weighted by molar-refractivity contribution is 8.00. The second-order valence-electron chi connectivity index (χ2n) is 1.94. The van der Waals surface area contributed by atoms with Gasteiger partial charge < -0.3 is 11.1 Å². The maximum atomic E-state index is 5.31. The molecule has 0 unspecified atom stereocenters. The van der Waals surface area contributed by atoms with Gasteiger partial charge in [0.15, 0.2) is 0 Å². The molecular formula is C5H12N2S. The molecule has 2 nitrogen and oxygen atoms in total. The second kappa shape index (κ2) is 3.33. The molecule has 0 spiro atoms. The molecule has 0 radical (unpaired) electrons. The summed E-state index contributed by atoms with van der Waals surface area (Å²) in [6.07, 6.45) is 0. The van der Waals surface area contributed by atoms with Crippen LogP contribution in [-0.2, 0) is 0 Å². The van der Waals surface area contributed by atoms with E-state index in [1.165, 1.54) is 13.1 Å². The first kappa shape index (κ1) is 6.39. The minimum absolute atomic E-state index is 0.821. The van der Waals surface area contributed by atoms with Crippen LogP contribution in [0.1, 0.15) is 0 Å². The molecule has 3 heteroatoms.